The van der Waals surface area contributed by atoms with Crippen molar-refractivity contribution in [1.29, 1.82) is 0 Å². The van der Waals surface area contributed by atoms with Crippen LogP contribution >= 0.6 is 0 Å². The van der Waals surface area contributed by atoms with Crippen LogP contribution in [0.5, 0.6) is 0 Å². The molecule has 2 N–H and O–H groups in total. The first-order valence-corrected chi connectivity index (χ1v) is 7.42. The van der Waals surface area contributed by atoms with Gasteiger partial charge in [-0.3, -0.25) is 4.90 Å². The maximum Gasteiger partial charge on any atom is 0.231 e. The molecule has 114 valence electrons. The van der Waals surface area contributed by atoms with Gasteiger partial charge in [-0.2, -0.15) is 4.98 Å². The maximum absolute atomic E-state index is 5.79. The van der Waals surface area contributed by atoms with Gasteiger partial charge in [0.1, 0.15) is 6.10 Å². The van der Waals surface area contributed by atoms with E-state index < -0.39 is 0 Å². The molecule has 1 aliphatic heterocycles. The third-order valence-electron chi connectivity index (χ3n) is 3.95. The van der Waals surface area contributed by atoms with Crippen molar-refractivity contribution in [2.75, 3.05) is 26.2 Å². The second-order valence-corrected chi connectivity index (χ2v) is 6.03. The average Bonchev–Trinajstić information content (AvgIpc) is 2.89. The summed E-state index contributed by atoms with van der Waals surface area (Å²) in [4.78, 5) is 6.88. The molecule has 2 unspecified atom stereocenters. The molecule has 2 atom stereocenters. The van der Waals surface area contributed by atoms with E-state index in [2.05, 4.69) is 42.7 Å². The van der Waals surface area contributed by atoms with E-state index >= 15 is 0 Å². The van der Waals surface area contributed by atoms with Crippen LogP contribution in [0.4, 0.5) is 0 Å². The number of morpholine rings is 1. The second kappa shape index (κ2) is 6.65. The van der Waals surface area contributed by atoms with E-state index in [4.69, 9.17) is 15.0 Å². The first kappa shape index (κ1) is 15.4. The molecule has 20 heavy (non-hydrogen) atoms. The van der Waals surface area contributed by atoms with Gasteiger partial charge in [0.05, 0.1) is 12.5 Å². The Kier molecular flexibility index (Phi) is 5.12. The minimum Gasteiger partial charge on any atom is -0.367 e. The lowest BCUT2D eigenvalue weighted by atomic mass is 9.96. The first-order valence-electron chi connectivity index (χ1n) is 7.42. The van der Waals surface area contributed by atoms with Crippen LogP contribution in [-0.4, -0.2) is 47.3 Å². The van der Waals surface area contributed by atoms with Crippen LogP contribution in [-0.2, 0) is 4.74 Å². The Hall–Kier alpha value is -0.980. The third kappa shape index (κ3) is 3.37. The van der Waals surface area contributed by atoms with Crippen LogP contribution in [0.15, 0.2) is 4.52 Å². The van der Waals surface area contributed by atoms with Gasteiger partial charge in [-0.15, -0.1) is 0 Å². The van der Waals surface area contributed by atoms with Crippen molar-refractivity contribution in [3.63, 3.8) is 0 Å². The van der Waals surface area contributed by atoms with Crippen molar-refractivity contribution >= 4 is 0 Å². The fraction of sp³-hybridized carbons (Fsp3) is 0.857. The lowest BCUT2D eigenvalue weighted by molar-refractivity contribution is -0.0450. The van der Waals surface area contributed by atoms with E-state index in [1.54, 1.807) is 0 Å². The number of hydrogen-bond donors (Lipinski definition) is 1. The van der Waals surface area contributed by atoms with Gasteiger partial charge in [0.2, 0.25) is 11.7 Å². The quantitative estimate of drug-likeness (QED) is 0.883. The molecule has 1 aromatic rings. The van der Waals surface area contributed by atoms with Crippen LogP contribution in [0, 0.1) is 5.92 Å². The average molecular weight is 282 g/mol. The van der Waals surface area contributed by atoms with Crippen LogP contribution in [0.25, 0.3) is 0 Å². The zero-order valence-electron chi connectivity index (χ0n) is 12.9. The lowest BCUT2D eigenvalue weighted by Gasteiger charge is -2.34. The summed E-state index contributed by atoms with van der Waals surface area (Å²) in [5.74, 6) is 1.76. The Bertz CT molecular complexity index is 419. The number of nitrogens with two attached hydrogens (primary N) is 1. The normalized spacial score (nSPS) is 22.6. The molecule has 1 fully saturated rings. The van der Waals surface area contributed by atoms with Gasteiger partial charge >= 0.3 is 0 Å². The van der Waals surface area contributed by atoms with Crippen LogP contribution < -0.4 is 5.73 Å². The first-order chi connectivity index (χ1) is 9.52. The Morgan fingerprint density at radius 3 is 2.70 bits per heavy atom. The summed E-state index contributed by atoms with van der Waals surface area (Å²) >= 11 is 0. The molecule has 1 saturated heterocycles. The summed E-state index contributed by atoms with van der Waals surface area (Å²) in [5, 5.41) is 4.09. The Morgan fingerprint density at radius 1 is 1.35 bits per heavy atom. The van der Waals surface area contributed by atoms with Gasteiger partial charge in [-0.05, 0) is 19.8 Å². The minimum absolute atomic E-state index is 0.103. The van der Waals surface area contributed by atoms with Gasteiger partial charge in [0, 0.05) is 25.7 Å². The number of nitrogens with zero attached hydrogens (tertiary/aromatic N) is 3. The van der Waals surface area contributed by atoms with Crippen LogP contribution in [0.3, 0.4) is 0 Å². The number of hydrogen-bond acceptors (Lipinski definition) is 6. The summed E-state index contributed by atoms with van der Waals surface area (Å²) in [6, 6.07) is 0.500. The Labute approximate surface area is 120 Å². The van der Waals surface area contributed by atoms with Gasteiger partial charge in [0.25, 0.3) is 0 Å². The van der Waals surface area contributed by atoms with Crippen molar-refractivity contribution in [3.8, 4) is 0 Å². The third-order valence-corrected chi connectivity index (χ3v) is 3.95. The summed E-state index contributed by atoms with van der Waals surface area (Å²) in [6.07, 6.45) is -0.103. The molecule has 0 spiro atoms. The topological polar surface area (TPSA) is 77.4 Å². The number of aromatic nitrogens is 2. The van der Waals surface area contributed by atoms with E-state index in [9.17, 15) is 0 Å². The summed E-state index contributed by atoms with van der Waals surface area (Å²) in [5.41, 5.74) is 5.79. The van der Waals surface area contributed by atoms with E-state index in [0.29, 0.717) is 36.8 Å². The monoisotopic (exact) mass is 282 g/mol. The molecule has 0 radical (unpaired) electrons. The fourth-order valence-corrected chi connectivity index (χ4v) is 2.48. The van der Waals surface area contributed by atoms with Gasteiger partial charge in [0.15, 0.2) is 0 Å². The molecule has 0 saturated carbocycles. The SMILES string of the molecule is CC(C)C(CN)c1nc(C2CN(C(C)C)CCO2)no1. The van der Waals surface area contributed by atoms with E-state index in [-0.39, 0.29) is 12.0 Å². The minimum atomic E-state index is -0.103. The number of rotatable bonds is 5. The van der Waals surface area contributed by atoms with Crippen molar-refractivity contribution in [2.24, 2.45) is 11.7 Å². The molecule has 1 aliphatic rings. The van der Waals surface area contributed by atoms with Crippen molar-refractivity contribution in [3.05, 3.63) is 11.7 Å². The van der Waals surface area contributed by atoms with Crippen molar-refractivity contribution < 1.29 is 9.26 Å². The molecule has 1 aromatic heterocycles. The predicted octanol–water partition coefficient (Wildman–Crippen LogP) is 1.55. The molecule has 6 heteroatoms. The molecule has 0 aromatic carbocycles. The zero-order chi connectivity index (χ0) is 14.7. The number of ether oxygens (including phenoxy) is 1. The van der Waals surface area contributed by atoms with Crippen LogP contribution in [0.1, 0.15) is 51.4 Å². The van der Waals surface area contributed by atoms with Gasteiger partial charge in [-0.25, -0.2) is 0 Å². The fourth-order valence-electron chi connectivity index (χ4n) is 2.48. The molecule has 0 bridgehead atoms. The van der Waals surface area contributed by atoms with E-state index in [1.807, 2.05) is 0 Å². The molecular formula is C14H26N4O2. The summed E-state index contributed by atoms with van der Waals surface area (Å²) in [6.45, 7) is 11.6. The Morgan fingerprint density at radius 2 is 2.10 bits per heavy atom. The lowest BCUT2D eigenvalue weighted by Crippen LogP contribution is -2.42. The molecule has 2 heterocycles. The maximum atomic E-state index is 5.79. The van der Waals surface area contributed by atoms with Crippen LogP contribution in [0.2, 0.25) is 0 Å². The zero-order valence-corrected chi connectivity index (χ0v) is 12.9. The standard InChI is InChI=1S/C14H26N4O2/c1-9(2)11(7-15)14-16-13(17-20-14)12-8-18(10(3)4)5-6-19-12/h9-12H,5-8,15H2,1-4H3. The molecule has 0 amide bonds. The highest BCUT2D eigenvalue weighted by atomic mass is 16.5. The van der Waals surface area contributed by atoms with Crippen molar-refractivity contribution in [2.45, 2.75) is 45.8 Å². The highest BCUT2D eigenvalue weighted by molar-refractivity contribution is 5.00. The van der Waals surface area contributed by atoms with Gasteiger partial charge in [-0.1, -0.05) is 19.0 Å². The second-order valence-electron chi connectivity index (χ2n) is 6.03. The van der Waals surface area contributed by atoms with Crippen molar-refractivity contribution in [1.82, 2.24) is 15.0 Å². The Balaban J connectivity index is 2.08. The highest BCUT2D eigenvalue weighted by Crippen LogP contribution is 2.25. The predicted molar refractivity (Wildman–Crippen MR) is 76.3 cm³/mol. The molecule has 2 rings (SSSR count). The smallest absolute Gasteiger partial charge is 0.231 e. The summed E-state index contributed by atoms with van der Waals surface area (Å²) < 4.78 is 11.2. The largest absolute Gasteiger partial charge is 0.367 e. The highest BCUT2D eigenvalue weighted by Gasteiger charge is 2.29. The van der Waals surface area contributed by atoms with E-state index in [0.717, 1.165) is 13.1 Å². The molecule has 6 nitrogen and oxygen atoms in total. The summed E-state index contributed by atoms with van der Waals surface area (Å²) in [7, 11) is 0. The molecule has 0 aliphatic carbocycles. The van der Waals surface area contributed by atoms with E-state index in [1.165, 1.54) is 0 Å². The molecular weight excluding hydrogens is 256 g/mol. The van der Waals surface area contributed by atoms with Gasteiger partial charge < -0.3 is 15.0 Å².